The molecule has 4 aliphatic rings. The summed E-state index contributed by atoms with van der Waals surface area (Å²) in [6.45, 7) is 24.7. The van der Waals surface area contributed by atoms with Crippen molar-refractivity contribution in [1.29, 1.82) is 0 Å². The summed E-state index contributed by atoms with van der Waals surface area (Å²) in [5, 5.41) is 0. The lowest BCUT2D eigenvalue weighted by molar-refractivity contribution is 0.0305. The van der Waals surface area contributed by atoms with E-state index in [1.807, 2.05) is 0 Å². The summed E-state index contributed by atoms with van der Waals surface area (Å²) in [6.07, 6.45) is 1.92. The highest BCUT2D eigenvalue weighted by atomic mass is 16.5. The lowest BCUT2D eigenvalue weighted by atomic mass is 9.85. The molecule has 54 heavy (non-hydrogen) atoms. The van der Waals surface area contributed by atoms with Gasteiger partial charge in [-0.2, -0.15) is 0 Å². The summed E-state index contributed by atoms with van der Waals surface area (Å²) in [6, 6.07) is 13.0. The number of morpholine rings is 4. The Hall–Kier alpha value is -2.68. The average molecular weight is 755 g/mol. The van der Waals surface area contributed by atoms with Crippen molar-refractivity contribution in [3.8, 4) is 23.0 Å². The van der Waals surface area contributed by atoms with Crippen LogP contribution in [0.3, 0.4) is 0 Å². The molecule has 6 rings (SSSR count). The van der Waals surface area contributed by atoms with Gasteiger partial charge >= 0.3 is 0 Å². The van der Waals surface area contributed by atoms with E-state index in [1.54, 1.807) is 0 Å². The predicted molar refractivity (Wildman–Crippen MR) is 210 cm³/mol. The van der Waals surface area contributed by atoms with Crippen LogP contribution in [0.4, 0.5) is 0 Å². The van der Waals surface area contributed by atoms with Gasteiger partial charge in [-0.25, -0.2) is 0 Å². The number of ether oxygens (including phenoxy) is 8. The van der Waals surface area contributed by atoms with E-state index in [0.717, 1.165) is 167 Å². The molecular formula is C42H66N4O8. The molecule has 0 unspecified atom stereocenters. The van der Waals surface area contributed by atoms with E-state index in [0.29, 0.717) is 38.3 Å². The molecule has 4 heterocycles. The number of hydrogen-bond acceptors (Lipinski definition) is 12. The van der Waals surface area contributed by atoms with Crippen LogP contribution in [0.5, 0.6) is 23.0 Å². The molecular weight excluding hydrogens is 688 g/mol. The van der Waals surface area contributed by atoms with Gasteiger partial charge in [-0.05, 0) is 60.1 Å². The summed E-state index contributed by atoms with van der Waals surface area (Å²) in [5.74, 6) is 4.23. The van der Waals surface area contributed by atoms with Crippen molar-refractivity contribution < 1.29 is 37.9 Å². The highest BCUT2D eigenvalue weighted by Gasteiger charge is 2.19. The van der Waals surface area contributed by atoms with Gasteiger partial charge in [-0.15, -0.1) is 0 Å². The van der Waals surface area contributed by atoms with Gasteiger partial charge in [0.15, 0.2) is 23.0 Å². The van der Waals surface area contributed by atoms with Gasteiger partial charge < -0.3 is 37.9 Å². The van der Waals surface area contributed by atoms with Crippen LogP contribution >= 0.6 is 0 Å². The van der Waals surface area contributed by atoms with Crippen molar-refractivity contribution in [3.63, 3.8) is 0 Å². The predicted octanol–water partition coefficient (Wildman–Crippen LogP) is 3.59. The molecule has 0 aliphatic carbocycles. The van der Waals surface area contributed by atoms with E-state index in [9.17, 15) is 0 Å². The van der Waals surface area contributed by atoms with Crippen molar-refractivity contribution in [1.82, 2.24) is 19.6 Å². The van der Waals surface area contributed by atoms with E-state index in [2.05, 4.69) is 69.8 Å². The molecule has 2 aromatic rings. The van der Waals surface area contributed by atoms with Crippen molar-refractivity contribution in [2.45, 2.75) is 26.7 Å². The van der Waals surface area contributed by atoms with Crippen LogP contribution in [-0.2, 0) is 31.8 Å². The fraction of sp³-hybridized carbons (Fsp3) is 0.714. The van der Waals surface area contributed by atoms with Crippen LogP contribution in [0.2, 0.25) is 0 Å². The van der Waals surface area contributed by atoms with E-state index in [1.165, 1.54) is 11.1 Å². The maximum Gasteiger partial charge on any atom is 0.161 e. The van der Waals surface area contributed by atoms with Crippen LogP contribution < -0.4 is 18.9 Å². The molecule has 0 amide bonds. The molecule has 12 nitrogen and oxygen atoms in total. The molecule has 4 saturated heterocycles. The van der Waals surface area contributed by atoms with E-state index in [4.69, 9.17) is 37.9 Å². The molecule has 4 aliphatic heterocycles. The lowest BCUT2D eigenvalue weighted by Gasteiger charge is -2.27. The Morgan fingerprint density at radius 1 is 0.426 bits per heavy atom. The number of nitrogens with zero attached hydrogens (tertiary/aromatic N) is 4. The van der Waals surface area contributed by atoms with E-state index < -0.39 is 0 Å². The summed E-state index contributed by atoms with van der Waals surface area (Å²) in [5.41, 5.74) is 2.54. The Morgan fingerprint density at radius 2 is 0.704 bits per heavy atom. The van der Waals surface area contributed by atoms with Crippen LogP contribution in [-0.4, -0.2) is 177 Å². The molecule has 2 aromatic carbocycles. The van der Waals surface area contributed by atoms with Gasteiger partial charge in [0.1, 0.15) is 26.4 Å². The van der Waals surface area contributed by atoms with Crippen molar-refractivity contribution in [3.05, 3.63) is 47.5 Å². The second-order valence-corrected chi connectivity index (χ2v) is 15.1. The molecule has 0 saturated carbocycles. The van der Waals surface area contributed by atoms with Gasteiger partial charge in [0.05, 0.1) is 52.9 Å². The molecule has 0 bridgehead atoms. The molecule has 0 N–H and O–H groups in total. The van der Waals surface area contributed by atoms with Crippen molar-refractivity contribution in [2.75, 3.05) is 158 Å². The summed E-state index contributed by atoms with van der Waals surface area (Å²) in [4.78, 5) is 9.60. The monoisotopic (exact) mass is 754 g/mol. The Kier molecular flexibility index (Phi) is 17.3. The normalized spacial score (nSPS) is 20.7. The third kappa shape index (κ3) is 13.8. The lowest BCUT2D eigenvalue weighted by Crippen LogP contribution is -2.39. The summed E-state index contributed by atoms with van der Waals surface area (Å²) >= 11 is 0. The maximum absolute atomic E-state index is 6.43. The van der Waals surface area contributed by atoms with Crippen LogP contribution in [0, 0.1) is 11.8 Å². The summed E-state index contributed by atoms with van der Waals surface area (Å²) in [7, 11) is 0. The van der Waals surface area contributed by atoms with Gasteiger partial charge in [0.2, 0.25) is 0 Å². The Labute approximate surface area is 323 Å². The molecule has 12 heteroatoms. The van der Waals surface area contributed by atoms with Gasteiger partial charge in [0, 0.05) is 78.5 Å². The number of benzene rings is 2. The Balaban J connectivity index is 1.05. The zero-order chi connectivity index (χ0) is 37.2. The fourth-order valence-electron chi connectivity index (χ4n) is 7.41. The minimum absolute atomic E-state index is 0.453. The molecule has 2 atom stereocenters. The van der Waals surface area contributed by atoms with Crippen molar-refractivity contribution >= 4 is 0 Å². The third-order valence-corrected chi connectivity index (χ3v) is 11.2. The standard InChI is InChI=1S/C42H66N4O8/c1-35(31-37-3-5-39(51-27-15-43-7-19-47-20-8-43)41(33-37)53-29-17-45-11-23-49-24-12-45)36(2)32-38-4-6-40(52-28-16-44-9-21-48-22-10-44)42(34-38)54-30-18-46-13-25-50-26-14-46/h3-6,33-36H,7-32H2,1-2H3/t35-,36+. The third-order valence-electron chi connectivity index (χ3n) is 11.2. The van der Waals surface area contributed by atoms with E-state index >= 15 is 0 Å². The van der Waals surface area contributed by atoms with E-state index in [-0.39, 0.29) is 0 Å². The smallest absolute Gasteiger partial charge is 0.161 e. The molecule has 0 radical (unpaired) electrons. The molecule has 302 valence electrons. The highest BCUT2D eigenvalue weighted by Crippen LogP contribution is 2.33. The number of rotatable bonds is 21. The van der Waals surface area contributed by atoms with Crippen molar-refractivity contribution in [2.24, 2.45) is 11.8 Å². The van der Waals surface area contributed by atoms with Crippen LogP contribution in [0.15, 0.2) is 36.4 Å². The number of hydrogen-bond donors (Lipinski definition) is 0. The summed E-state index contributed by atoms with van der Waals surface area (Å²) < 4.78 is 47.6. The van der Waals surface area contributed by atoms with Gasteiger partial charge in [-0.1, -0.05) is 26.0 Å². The van der Waals surface area contributed by atoms with Gasteiger partial charge in [-0.3, -0.25) is 19.6 Å². The second kappa shape index (κ2) is 22.8. The average Bonchev–Trinajstić information content (AvgIpc) is 3.21. The fourth-order valence-corrected chi connectivity index (χ4v) is 7.41. The zero-order valence-electron chi connectivity index (χ0n) is 33.1. The van der Waals surface area contributed by atoms with Gasteiger partial charge in [0.25, 0.3) is 0 Å². The SMILES string of the molecule is C[C@H](Cc1ccc(OCCN2CCOCC2)c(OCCN2CCOCC2)c1)[C@@H](C)Cc1ccc(OCCN2CCOCC2)c(OCCN2CCOCC2)c1. The molecule has 0 aromatic heterocycles. The zero-order valence-corrected chi connectivity index (χ0v) is 33.1. The Morgan fingerprint density at radius 3 is 1.00 bits per heavy atom. The topological polar surface area (TPSA) is 86.8 Å². The van der Waals surface area contributed by atoms with Crippen LogP contribution in [0.1, 0.15) is 25.0 Å². The first kappa shape index (κ1) is 41.0. The quantitative estimate of drug-likeness (QED) is 0.187. The minimum Gasteiger partial charge on any atom is -0.488 e. The second-order valence-electron chi connectivity index (χ2n) is 15.1. The maximum atomic E-state index is 6.43. The Bertz CT molecular complexity index is 1240. The highest BCUT2D eigenvalue weighted by molar-refractivity contribution is 5.44. The minimum atomic E-state index is 0.453. The largest absolute Gasteiger partial charge is 0.488 e. The molecule has 4 fully saturated rings. The van der Waals surface area contributed by atoms with Crippen LogP contribution in [0.25, 0.3) is 0 Å². The first-order chi connectivity index (χ1) is 26.6. The first-order valence-electron chi connectivity index (χ1n) is 20.6. The molecule has 0 spiro atoms. The first-order valence-corrected chi connectivity index (χ1v) is 20.6.